The molecule has 0 aliphatic heterocycles. The first-order chi connectivity index (χ1) is 14.0. The summed E-state index contributed by atoms with van der Waals surface area (Å²) in [6.07, 6.45) is 0.807. The number of carbonyl (C=O) groups excluding carboxylic acids is 2. The Morgan fingerprint density at radius 1 is 0.862 bits per heavy atom. The predicted octanol–water partition coefficient (Wildman–Crippen LogP) is 4.00. The highest BCUT2D eigenvalue weighted by Gasteiger charge is 2.17. The highest BCUT2D eigenvalue weighted by molar-refractivity contribution is 6.32. The molecule has 0 heterocycles. The van der Waals surface area contributed by atoms with E-state index in [-0.39, 0.29) is 10.6 Å². The second-order valence-electron chi connectivity index (χ2n) is 5.93. The molecule has 0 aromatic heterocycles. The van der Waals surface area contributed by atoms with Crippen molar-refractivity contribution < 1.29 is 23.8 Å². The van der Waals surface area contributed by atoms with Gasteiger partial charge in [0.1, 0.15) is 5.75 Å². The average Bonchev–Trinajstić information content (AvgIpc) is 2.72. The summed E-state index contributed by atoms with van der Waals surface area (Å²) in [6.45, 7) is 7.07. The topological polar surface area (TPSA) is 85.9 Å². The molecule has 2 amide bonds. The van der Waals surface area contributed by atoms with Gasteiger partial charge in [-0.05, 0) is 56.7 Å². The van der Waals surface area contributed by atoms with Crippen molar-refractivity contribution in [2.45, 2.75) is 27.2 Å². The van der Waals surface area contributed by atoms with Gasteiger partial charge >= 0.3 is 0 Å². The van der Waals surface area contributed by atoms with E-state index in [9.17, 15) is 9.59 Å². The first kappa shape index (κ1) is 22.4. The molecule has 2 aromatic rings. The van der Waals surface area contributed by atoms with Crippen LogP contribution >= 0.6 is 11.6 Å². The van der Waals surface area contributed by atoms with Crippen molar-refractivity contribution in [2.75, 3.05) is 19.8 Å². The van der Waals surface area contributed by atoms with Crippen molar-refractivity contribution in [3.05, 3.63) is 52.5 Å². The minimum Gasteiger partial charge on any atom is -0.494 e. The van der Waals surface area contributed by atoms with Gasteiger partial charge < -0.3 is 14.2 Å². The maximum Gasteiger partial charge on any atom is 0.269 e. The van der Waals surface area contributed by atoms with Crippen LogP contribution in [0.15, 0.2) is 36.4 Å². The van der Waals surface area contributed by atoms with E-state index in [1.54, 1.807) is 24.3 Å². The normalized spacial score (nSPS) is 10.2. The molecule has 0 unspecified atom stereocenters. The first-order valence-corrected chi connectivity index (χ1v) is 9.80. The molecule has 0 saturated carbocycles. The largest absolute Gasteiger partial charge is 0.494 e. The van der Waals surface area contributed by atoms with Crippen LogP contribution in [0.2, 0.25) is 5.02 Å². The molecule has 0 saturated heterocycles. The lowest BCUT2D eigenvalue weighted by atomic mass is 10.2. The van der Waals surface area contributed by atoms with Gasteiger partial charge in [-0.25, -0.2) is 0 Å². The molecule has 156 valence electrons. The van der Waals surface area contributed by atoms with Crippen molar-refractivity contribution in [3.63, 3.8) is 0 Å². The van der Waals surface area contributed by atoms with Crippen LogP contribution in [0.25, 0.3) is 0 Å². The van der Waals surface area contributed by atoms with Gasteiger partial charge in [-0.1, -0.05) is 18.5 Å². The fourth-order valence-electron chi connectivity index (χ4n) is 2.43. The Morgan fingerprint density at radius 2 is 1.48 bits per heavy atom. The Balaban J connectivity index is 2.06. The molecular weight excluding hydrogens is 396 g/mol. The van der Waals surface area contributed by atoms with Crippen molar-refractivity contribution >= 4 is 23.4 Å². The van der Waals surface area contributed by atoms with Gasteiger partial charge in [-0.2, -0.15) is 0 Å². The molecule has 0 bridgehead atoms. The molecule has 0 fully saturated rings. The van der Waals surface area contributed by atoms with Gasteiger partial charge in [0.15, 0.2) is 11.5 Å². The molecule has 8 heteroatoms. The van der Waals surface area contributed by atoms with E-state index < -0.39 is 11.8 Å². The maximum atomic E-state index is 12.5. The van der Waals surface area contributed by atoms with Crippen molar-refractivity contribution in [1.29, 1.82) is 0 Å². The molecule has 2 aromatic carbocycles. The summed E-state index contributed by atoms with van der Waals surface area (Å²) in [5.74, 6) is 0.438. The number of carbonyl (C=O) groups is 2. The molecule has 2 N–H and O–H groups in total. The van der Waals surface area contributed by atoms with E-state index in [1.807, 2.05) is 20.8 Å². The zero-order chi connectivity index (χ0) is 21.2. The van der Waals surface area contributed by atoms with Gasteiger partial charge in [0.05, 0.1) is 24.8 Å². The van der Waals surface area contributed by atoms with Crippen LogP contribution in [0, 0.1) is 0 Å². The van der Waals surface area contributed by atoms with E-state index in [4.69, 9.17) is 25.8 Å². The minimum absolute atomic E-state index is 0.231. The molecule has 0 aliphatic carbocycles. The third-order valence-electron chi connectivity index (χ3n) is 3.74. The van der Waals surface area contributed by atoms with Crippen LogP contribution < -0.4 is 25.1 Å². The van der Waals surface area contributed by atoms with E-state index >= 15 is 0 Å². The Kier molecular flexibility index (Phi) is 8.61. The summed E-state index contributed by atoms with van der Waals surface area (Å²) in [4.78, 5) is 24.7. The lowest BCUT2D eigenvalue weighted by molar-refractivity contribution is 0.0846. The van der Waals surface area contributed by atoms with Crippen LogP contribution in [0.4, 0.5) is 0 Å². The van der Waals surface area contributed by atoms with Gasteiger partial charge in [0.25, 0.3) is 11.8 Å². The second-order valence-corrected chi connectivity index (χ2v) is 6.34. The molecule has 29 heavy (non-hydrogen) atoms. The third kappa shape index (κ3) is 6.29. The summed E-state index contributed by atoms with van der Waals surface area (Å²) in [5.41, 5.74) is 5.36. The summed E-state index contributed by atoms with van der Waals surface area (Å²) in [7, 11) is 0. The highest BCUT2D eigenvalue weighted by Crippen LogP contribution is 2.36. The van der Waals surface area contributed by atoms with Crippen molar-refractivity contribution in [1.82, 2.24) is 10.9 Å². The number of rotatable bonds is 9. The Bertz CT molecular complexity index is 840. The zero-order valence-electron chi connectivity index (χ0n) is 16.7. The van der Waals surface area contributed by atoms with Crippen LogP contribution in [0.1, 0.15) is 47.9 Å². The molecule has 0 spiro atoms. The number of halogens is 1. The first-order valence-electron chi connectivity index (χ1n) is 9.42. The monoisotopic (exact) mass is 420 g/mol. The molecule has 2 rings (SSSR count). The van der Waals surface area contributed by atoms with Gasteiger partial charge in [0.2, 0.25) is 0 Å². The summed E-state index contributed by atoms with van der Waals surface area (Å²) in [6, 6.07) is 9.58. The Hall–Kier alpha value is -2.93. The number of benzene rings is 2. The van der Waals surface area contributed by atoms with E-state index in [2.05, 4.69) is 10.9 Å². The molecule has 7 nitrogen and oxygen atoms in total. The fourth-order valence-corrected chi connectivity index (χ4v) is 2.70. The lowest BCUT2D eigenvalue weighted by Crippen LogP contribution is -2.41. The van der Waals surface area contributed by atoms with Crippen LogP contribution in [-0.2, 0) is 0 Å². The standard InChI is InChI=1S/C21H25ClN2O5/c1-4-11-29-19-17(22)12-15(13-18(19)28-6-3)21(26)24-23-20(25)14-7-9-16(10-8-14)27-5-2/h7-10,12-13H,4-6,11H2,1-3H3,(H,23,25)(H,24,26). The quantitative estimate of drug-likeness (QED) is 0.599. The number of amides is 2. The van der Waals surface area contributed by atoms with Crippen LogP contribution in [-0.4, -0.2) is 31.6 Å². The maximum absolute atomic E-state index is 12.5. The summed E-state index contributed by atoms with van der Waals surface area (Å²) in [5, 5.41) is 0.257. The second kappa shape index (κ2) is 11.2. The Labute approximate surface area is 175 Å². The van der Waals surface area contributed by atoms with Crippen molar-refractivity contribution in [2.24, 2.45) is 0 Å². The van der Waals surface area contributed by atoms with Gasteiger partial charge in [-0.15, -0.1) is 0 Å². The van der Waals surface area contributed by atoms with Crippen LogP contribution in [0.5, 0.6) is 17.2 Å². The minimum atomic E-state index is -0.533. The molecule has 0 atom stereocenters. The van der Waals surface area contributed by atoms with E-state index in [1.165, 1.54) is 12.1 Å². The number of hydrogen-bond donors (Lipinski definition) is 2. The summed E-state index contributed by atoms with van der Waals surface area (Å²) < 4.78 is 16.5. The van der Waals surface area contributed by atoms with Gasteiger partial charge in [0, 0.05) is 11.1 Å². The molecule has 0 aliphatic rings. The zero-order valence-corrected chi connectivity index (χ0v) is 17.5. The van der Waals surface area contributed by atoms with Gasteiger partial charge in [-0.3, -0.25) is 20.4 Å². The average molecular weight is 421 g/mol. The highest BCUT2D eigenvalue weighted by atomic mass is 35.5. The fraction of sp³-hybridized carbons (Fsp3) is 0.333. The smallest absolute Gasteiger partial charge is 0.269 e. The summed E-state index contributed by atoms with van der Waals surface area (Å²) >= 11 is 6.26. The lowest BCUT2D eigenvalue weighted by Gasteiger charge is -2.15. The van der Waals surface area contributed by atoms with Crippen molar-refractivity contribution in [3.8, 4) is 17.2 Å². The van der Waals surface area contributed by atoms with E-state index in [0.29, 0.717) is 42.6 Å². The SMILES string of the molecule is CCCOc1c(Cl)cc(C(=O)NNC(=O)c2ccc(OCC)cc2)cc1OCC. The predicted molar refractivity (Wildman–Crippen MR) is 111 cm³/mol. The third-order valence-corrected chi connectivity index (χ3v) is 4.02. The Morgan fingerprint density at radius 3 is 2.07 bits per heavy atom. The molecule has 0 radical (unpaired) electrons. The number of hydrazine groups is 1. The molecular formula is C21H25ClN2O5. The number of hydrogen-bond acceptors (Lipinski definition) is 5. The number of ether oxygens (including phenoxy) is 3. The number of nitrogens with one attached hydrogen (secondary N) is 2. The van der Waals surface area contributed by atoms with Crippen LogP contribution in [0.3, 0.4) is 0 Å². The van der Waals surface area contributed by atoms with E-state index in [0.717, 1.165) is 6.42 Å².